The number of hydrogen-bond acceptors (Lipinski definition) is 6. The zero-order valence-corrected chi connectivity index (χ0v) is 19.7. The number of aryl methyl sites for hydroxylation is 1. The third-order valence-electron chi connectivity index (χ3n) is 5.56. The number of aliphatic hydroxyl groups excluding tert-OH is 1. The third kappa shape index (κ3) is 4.48. The lowest BCUT2D eigenvalue weighted by Gasteiger charge is -2.15. The van der Waals surface area contributed by atoms with Gasteiger partial charge in [-0.15, -0.1) is 0 Å². The van der Waals surface area contributed by atoms with Gasteiger partial charge in [-0.3, -0.25) is 10.2 Å². The molecule has 0 saturated carbocycles. The minimum Gasteiger partial charge on any atom is -0.495 e. The Labute approximate surface area is 200 Å². The number of nitrogens with one attached hydrogen (secondary N) is 5. The Morgan fingerprint density at radius 1 is 1.29 bits per heavy atom. The molecule has 1 atom stereocenters. The number of rotatable bonds is 7. The van der Waals surface area contributed by atoms with Crippen LogP contribution in [-0.4, -0.2) is 46.6 Å². The predicted molar refractivity (Wildman–Crippen MR) is 134 cm³/mol. The lowest BCUT2D eigenvalue weighted by Crippen LogP contribution is -2.17. The van der Waals surface area contributed by atoms with Gasteiger partial charge >= 0.3 is 0 Å². The molecular weight excluding hydrogens is 456 g/mol. The molecule has 1 unspecified atom stereocenters. The number of fused-ring (bicyclic) bond motifs is 1. The number of halogens is 1. The number of anilines is 1. The smallest absolute Gasteiger partial charge is 0.261 e. The van der Waals surface area contributed by atoms with Crippen LogP contribution in [0.25, 0.3) is 22.4 Å². The standard InChI is InChI=1S/C24H25ClN6O3/c1-12-8-14(22(26)27-2)10-17-21(12)31-23(30-17)20-16(6-7-28-24(20)33)29-11-18(32)13-4-5-19(34-3)15(25)9-13/h4-10,18,32H,11H2,1-3H3,(H2,26,27)(H,30,31)(H2,28,29,33). The quantitative estimate of drug-likeness (QED) is 0.176. The summed E-state index contributed by atoms with van der Waals surface area (Å²) in [5.41, 5.74) is 4.14. The van der Waals surface area contributed by atoms with Crippen molar-refractivity contribution in [2.75, 3.05) is 26.0 Å². The largest absolute Gasteiger partial charge is 0.495 e. The van der Waals surface area contributed by atoms with E-state index in [-0.39, 0.29) is 17.9 Å². The number of pyridine rings is 1. The molecule has 10 heteroatoms. The van der Waals surface area contributed by atoms with Crippen molar-refractivity contribution >= 4 is 34.2 Å². The van der Waals surface area contributed by atoms with Crippen molar-refractivity contribution in [1.29, 1.82) is 5.41 Å². The highest BCUT2D eigenvalue weighted by molar-refractivity contribution is 6.32. The molecule has 0 aliphatic heterocycles. The highest BCUT2D eigenvalue weighted by atomic mass is 35.5. The summed E-state index contributed by atoms with van der Waals surface area (Å²) < 4.78 is 5.15. The second-order valence-corrected chi connectivity index (χ2v) is 8.19. The second kappa shape index (κ2) is 9.58. The van der Waals surface area contributed by atoms with Crippen LogP contribution < -0.4 is 20.9 Å². The number of ether oxygens (including phenoxy) is 1. The summed E-state index contributed by atoms with van der Waals surface area (Å²) >= 11 is 6.18. The number of methoxy groups -OCH3 is 1. The van der Waals surface area contributed by atoms with E-state index in [9.17, 15) is 9.90 Å². The van der Waals surface area contributed by atoms with Crippen molar-refractivity contribution in [2.24, 2.45) is 0 Å². The Morgan fingerprint density at radius 2 is 2.09 bits per heavy atom. The van der Waals surface area contributed by atoms with E-state index in [0.29, 0.717) is 50.0 Å². The fourth-order valence-corrected chi connectivity index (χ4v) is 4.04. The summed E-state index contributed by atoms with van der Waals surface area (Å²) in [5.74, 6) is 1.20. The molecule has 6 N–H and O–H groups in total. The van der Waals surface area contributed by atoms with Gasteiger partial charge in [0.25, 0.3) is 5.56 Å². The fourth-order valence-electron chi connectivity index (χ4n) is 3.77. The zero-order valence-electron chi connectivity index (χ0n) is 18.9. The van der Waals surface area contributed by atoms with Crippen molar-refractivity contribution in [3.8, 4) is 17.1 Å². The third-order valence-corrected chi connectivity index (χ3v) is 5.86. The van der Waals surface area contributed by atoms with Gasteiger partial charge in [0, 0.05) is 25.4 Å². The Hall–Kier alpha value is -3.82. The molecule has 0 aliphatic carbocycles. The number of hydrogen-bond donors (Lipinski definition) is 6. The molecule has 2 aromatic carbocycles. The summed E-state index contributed by atoms with van der Waals surface area (Å²) in [6, 6.07) is 10.5. The maximum Gasteiger partial charge on any atom is 0.261 e. The van der Waals surface area contributed by atoms with Gasteiger partial charge in [0.1, 0.15) is 23.0 Å². The molecule has 176 valence electrons. The van der Waals surface area contributed by atoms with Gasteiger partial charge in [0.15, 0.2) is 0 Å². The molecule has 0 fully saturated rings. The summed E-state index contributed by atoms with van der Waals surface area (Å²) in [6.07, 6.45) is 0.661. The van der Waals surface area contributed by atoms with Gasteiger partial charge < -0.3 is 30.4 Å². The normalized spacial score (nSPS) is 11.9. The Kier molecular flexibility index (Phi) is 6.58. The van der Waals surface area contributed by atoms with E-state index in [2.05, 4.69) is 25.6 Å². The van der Waals surface area contributed by atoms with E-state index in [1.54, 1.807) is 31.3 Å². The van der Waals surface area contributed by atoms with Gasteiger partial charge in [-0.25, -0.2) is 4.98 Å². The van der Waals surface area contributed by atoms with E-state index in [4.69, 9.17) is 21.7 Å². The number of imidazole rings is 1. The zero-order chi connectivity index (χ0) is 24.4. The molecular formula is C24H25ClN6O3. The maximum absolute atomic E-state index is 12.8. The average Bonchev–Trinajstić information content (AvgIpc) is 3.26. The Bertz CT molecular complexity index is 1430. The number of aromatic nitrogens is 3. The number of amidine groups is 1. The number of nitrogens with zero attached hydrogens (tertiary/aromatic N) is 1. The molecule has 0 bridgehead atoms. The molecule has 2 heterocycles. The molecule has 0 radical (unpaired) electrons. The van der Waals surface area contributed by atoms with Crippen LogP contribution in [0.3, 0.4) is 0 Å². The lowest BCUT2D eigenvalue weighted by atomic mass is 10.1. The fraction of sp³-hybridized carbons (Fsp3) is 0.208. The van der Waals surface area contributed by atoms with Gasteiger partial charge in [-0.1, -0.05) is 17.7 Å². The molecule has 0 aliphatic rings. The monoisotopic (exact) mass is 480 g/mol. The number of aliphatic hydroxyl groups is 1. The van der Waals surface area contributed by atoms with E-state index in [1.807, 2.05) is 19.1 Å². The first-order chi connectivity index (χ1) is 16.3. The average molecular weight is 481 g/mol. The van der Waals surface area contributed by atoms with E-state index in [1.165, 1.54) is 13.3 Å². The van der Waals surface area contributed by atoms with Crippen LogP contribution in [-0.2, 0) is 0 Å². The highest BCUT2D eigenvalue weighted by Crippen LogP contribution is 2.29. The highest BCUT2D eigenvalue weighted by Gasteiger charge is 2.18. The molecule has 4 aromatic rings. The minimum absolute atomic E-state index is 0.141. The van der Waals surface area contributed by atoms with Crippen molar-refractivity contribution in [3.05, 3.63) is 74.7 Å². The van der Waals surface area contributed by atoms with E-state index in [0.717, 1.165) is 5.56 Å². The lowest BCUT2D eigenvalue weighted by molar-refractivity contribution is 0.191. The van der Waals surface area contributed by atoms with Crippen LogP contribution in [0, 0.1) is 12.3 Å². The van der Waals surface area contributed by atoms with Crippen LogP contribution in [0.2, 0.25) is 5.02 Å². The Morgan fingerprint density at radius 3 is 2.79 bits per heavy atom. The Balaban J connectivity index is 1.65. The first kappa shape index (κ1) is 23.3. The molecule has 9 nitrogen and oxygen atoms in total. The van der Waals surface area contributed by atoms with Crippen molar-refractivity contribution < 1.29 is 9.84 Å². The predicted octanol–water partition coefficient (Wildman–Crippen LogP) is 3.58. The van der Waals surface area contributed by atoms with Crippen molar-refractivity contribution in [1.82, 2.24) is 20.3 Å². The van der Waals surface area contributed by atoms with Crippen LogP contribution >= 0.6 is 11.6 Å². The first-order valence-corrected chi connectivity index (χ1v) is 10.9. The van der Waals surface area contributed by atoms with Crippen LogP contribution in [0.5, 0.6) is 5.75 Å². The number of H-pyrrole nitrogens is 2. The topological polar surface area (TPSA) is 139 Å². The maximum atomic E-state index is 12.8. The summed E-state index contributed by atoms with van der Waals surface area (Å²) in [4.78, 5) is 23.3. The second-order valence-electron chi connectivity index (χ2n) is 7.79. The number of benzene rings is 2. The SMILES string of the molecule is CNC(=N)c1cc(C)c2nc(-c3c(NCC(O)c4ccc(OC)c(Cl)c4)cc[nH]c3=O)[nH]c2c1. The molecule has 2 aromatic heterocycles. The van der Waals surface area contributed by atoms with Gasteiger partial charge in [-0.2, -0.15) is 0 Å². The van der Waals surface area contributed by atoms with Crippen LogP contribution in [0.4, 0.5) is 5.69 Å². The molecule has 0 spiro atoms. The van der Waals surface area contributed by atoms with Crippen molar-refractivity contribution in [2.45, 2.75) is 13.0 Å². The summed E-state index contributed by atoms with van der Waals surface area (Å²) in [6.45, 7) is 2.05. The molecule has 34 heavy (non-hydrogen) atoms. The molecule has 0 saturated heterocycles. The molecule has 4 rings (SSSR count). The summed E-state index contributed by atoms with van der Waals surface area (Å²) in [5, 5.41) is 25.1. The van der Waals surface area contributed by atoms with Gasteiger partial charge in [0.05, 0.1) is 35.0 Å². The minimum atomic E-state index is -0.872. The molecule has 0 amide bonds. The van der Waals surface area contributed by atoms with E-state index < -0.39 is 6.10 Å². The van der Waals surface area contributed by atoms with Crippen molar-refractivity contribution in [3.63, 3.8) is 0 Å². The first-order valence-electron chi connectivity index (χ1n) is 10.6. The van der Waals surface area contributed by atoms with E-state index >= 15 is 0 Å². The van der Waals surface area contributed by atoms with Gasteiger partial charge in [0.2, 0.25) is 0 Å². The number of aromatic amines is 2. The summed E-state index contributed by atoms with van der Waals surface area (Å²) in [7, 11) is 3.22. The van der Waals surface area contributed by atoms with Gasteiger partial charge in [-0.05, 0) is 48.4 Å². The van der Waals surface area contributed by atoms with Crippen LogP contribution in [0.1, 0.15) is 22.8 Å². The van der Waals surface area contributed by atoms with Crippen LogP contribution in [0.15, 0.2) is 47.4 Å².